The summed E-state index contributed by atoms with van der Waals surface area (Å²) in [6, 6.07) is 11.3. The minimum Gasteiger partial charge on any atom is -0.419 e. The molecule has 0 aliphatic carbocycles. The first-order chi connectivity index (χ1) is 13.6. The Morgan fingerprint density at radius 1 is 1.29 bits per heavy atom. The SMILES string of the molecule is CCCN(CC(=O)NC(C)c1cccs1)Cc1nnc(-c2ccccc2Cl)o1. The van der Waals surface area contributed by atoms with Crippen LogP contribution in [0.5, 0.6) is 0 Å². The maximum Gasteiger partial charge on any atom is 0.249 e. The van der Waals surface area contributed by atoms with Crippen molar-refractivity contribution in [2.45, 2.75) is 32.9 Å². The summed E-state index contributed by atoms with van der Waals surface area (Å²) in [5.74, 6) is 0.815. The number of nitrogens with one attached hydrogen (secondary N) is 1. The molecular formula is C20H23ClN4O2S. The Balaban J connectivity index is 1.61. The quantitative estimate of drug-likeness (QED) is 0.552. The van der Waals surface area contributed by atoms with Gasteiger partial charge in [-0.1, -0.05) is 36.7 Å². The van der Waals surface area contributed by atoms with E-state index in [1.807, 2.05) is 47.5 Å². The van der Waals surface area contributed by atoms with Gasteiger partial charge in [0.05, 0.1) is 29.7 Å². The van der Waals surface area contributed by atoms with Crippen molar-refractivity contribution in [1.82, 2.24) is 20.4 Å². The third-order valence-corrected chi connectivity index (χ3v) is 5.57. The third-order valence-electron chi connectivity index (χ3n) is 4.18. The molecule has 1 N–H and O–H groups in total. The van der Waals surface area contributed by atoms with Gasteiger partial charge in [0, 0.05) is 4.88 Å². The van der Waals surface area contributed by atoms with Crippen LogP contribution in [0.1, 0.15) is 37.1 Å². The lowest BCUT2D eigenvalue weighted by Gasteiger charge is -2.20. The minimum atomic E-state index is -0.0276. The molecule has 1 aromatic carbocycles. The first kappa shape index (κ1) is 20.5. The van der Waals surface area contributed by atoms with Crippen LogP contribution in [0.3, 0.4) is 0 Å². The van der Waals surface area contributed by atoms with Crippen molar-refractivity contribution in [3.63, 3.8) is 0 Å². The number of carbonyl (C=O) groups is 1. The smallest absolute Gasteiger partial charge is 0.249 e. The molecule has 148 valence electrons. The van der Waals surface area contributed by atoms with Crippen LogP contribution < -0.4 is 5.32 Å². The lowest BCUT2D eigenvalue weighted by Crippen LogP contribution is -2.38. The van der Waals surface area contributed by atoms with E-state index in [4.69, 9.17) is 16.0 Å². The van der Waals surface area contributed by atoms with Crippen molar-refractivity contribution < 1.29 is 9.21 Å². The highest BCUT2D eigenvalue weighted by Gasteiger charge is 2.18. The van der Waals surface area contributed by atoms with Crippen molar-refractivity contribution in [3.8, 4) is 11.5 Å². The van der Waals surface area contributed by atoms with E-state index >= 15 is 0 Å². The molecule has 1 atom stereocenters. The zero-order valence-corrected chi connectivity index (χ0v) is 17.5. The molecule has 0 spiro atoms. The standard InChI is InChI=1S/C20H23ClN4O2S/c1-3-10-25(12-18(26)22-14(2)17-9-6-11-28-17)13-19-23-24-20(27-19)15-7-4-5-8-16(15)21/h4-9,11,14H,3,10,12-13H2,1-2H3,(H,22,26). The predicted octanol–water partition coefficient (Wildman–Crippen LogP) is 4.54. The number of carbonyl (C=O) groups excluding carboxylic acids is 1. The van der Waals surface area contributed by atoms with E-state index in [0.717, 1.165) is 17.8 Å². The first-order valence-corrected chi connectivity index (χ1v) is 10.4. The average Bonchev–Trinajstić information content (AvgIpc) is 3.34. The van der Waals surface area contributed by atoms with Gasteiger partial charge in [-0.25, -0.2) is 0 Å². The number of aromatic nitrogens is 2. The highest BCUT2D eigenvalue weighted by molar-refractivity contribution is 7.10. The molecule has 2 aromatic heterocycles. The summed E-state index contributed by atoms with van der Waals surface area (Å²) >= 11 is 7.83. The molecule has 0 fully saturated rings. The van der Waals surface area contributed by atoms with Crippen LogP contribution in [0.2, 0.25) is 5.02 Å². The summed E-state index contributed by atoms with van der Waals surface area (Å²) < 4.78 is 5.77. The van der Waals surface area contributed by atoms with Gasteiger partial charge in [-0.3, -0.25) is 9.69 Å². The summed E-state index contributed by atoms with van der Waals surface area (Å²) in [4.78, 5) is 15.6. The molecule has 0 bridgehead atoms. The molecule has 3 aromatic rings. The van der Waals surface area contributed by atoms with E-state index in [1.165, 1.54) is 0 Å². The fourth-order valence-electron chi connectivity index (χ4n) is 2.88. The molecule has 0 saturated heterocycles. The van der Waals surface area contributed by atoms with Gasteiger partial charge in [0.25, 0.3) is 0 Å². The normalized spacial score (nSPS) is 12.3. The van der Waals surface area contributed by atoms with Crippen molar-refractivity contribution in [1.29, 1.82) is 0 Å². The van der Waals surface area contributed by atoms with Crippen LogP contribution in [0, 0.1) is 0 Å². The van der Waals surface area contributed by atoms with Gasteiger partial charge < -0.3 is 9.73 Å². The molecule has 8 heteroatoms. The number of thiophene rings is 1. The zero-order chi connectivity index (χ0) is 19.9. The van der Waals surface area contributed by atoms with Gasteiger partial charge in [0.1, 0.15) is 0 Å². The summed E-state index contributed by atoms with van der Waals surface area (Å²) in [6.07, 6.45) is 0.916. The minimum absolute atomic E-state index is 0.00814. The van der Waals surface area contributed by atoms with Gasteiger partial charge >= 0.3 is 0 Å². The van der Waals surface area contributed by atoms with Crippen molar-refractivity contribution in [2.24, 2.45) is 0 Å². The van der Waals surface area contributed by atoms with E-state index in [-0.39, 0.29) is 18.5 Å². The molecule has 0 aliphatic rings. The first-order valence-electron chi connectivity index (χ1n) is 9.19. The zero-order valence-electron chi connectivity index (χ0n) is 15.9. The molecule has 3 rings (SSSR count). The maximum atomic E-state index is 12.5. The second-order valence-electron chi connectivity index (χ2n) is 6.50. The topological polar surface area (TPSA) is 71.3 Å². The number of hydrogen-bond acceptors (Lipinski definition) is 6. The third kappa shape index (κ3) is 5.41. The van der Waals surface area contributed by atoms with Crippen LogP contribution >= 0.6 is 22.9 Å². The molecule has 0 radical (unpaired) electrons. The van der Waals surface area contributed by atoms with Gasteiger partial charge in [0.2, 0.25) is 17.7 Å². The predicted molar refractivity (Wildman–Crippen MR) is 111 cm³/mol. The van der Waals surface area contributed by atoms with Crippen molar-refractivity contribution >= 4 is 28.8 Å². The molecule has 2 heterocycles. The van der Waals surface area contributed by atoms with Crippen LogP contribution in [0.25, 0.3) is 11.5 Å². The molecular weight excluding hydrogens is 396 g/mol. The van der Waals surface area contributed by atoms with E-state index in [2.05, 4.69) is 22.4 Å². The Kier molecular flexibility index (Phi) is 7.19. The molecule has 0 aliphatic heterocycles. The van der Waals surface area contributed by atoms with Crippen molar-refractivity contribution in [3.05, 3.63) is 57.6 Å². The highest BCUT2D eigenvalue weighted by Crippen LogP contribution is 2.26. The molecule has 1 unspecified atom stereocenters. The largest absolute Gasteiger partial charge is 0.419 e. The molecule has 28 heavy (non-hydrogen) atoms. The van der Waals surface area contributed by atoms with Crippen molar-refractivity contribution in [2.75, 3.05) is 13.1 Å². The van der Waals surface area contributed by atoms with Gasteiger partial charge in [-0.2, -0.15) is 0 Å². The molecule has 1 amide bonds. The number of rotatable bonds is 9. The molecule has 6 nitrogen and oxygen atoms in total. The van der Waals surface area contributed by atoms with Crippen LogP contribution in [0.15, 0.2) is 46.2 Å². The summed E-state index contributed by atoms with van der Waals surface area (Å²) in [5, 5.41) is 13.8. The number of halogens is 1. The van der Waals surface area contributed by atoms with E-state index < -0.39 is 0 Å². The Morgan fingerprint density at radius 3 is 2.82 bits per heavy atom. The number of hydrogen-bond donors (Lipinski definition) is 1. The van der Waals surface area contributed by atoms with Gasteiger partial charge in [-0.15, -0.1) is 21.5 Å². The van der Waals surface area contributed by atoms with E-state index in [0.29, 0.717) is 28.9 Å². The number of nitrogens with zero attached hydrogens (tertiary/aromatic N) is 3. The Labute approximate surface area is 173 Å². The van der Waals surface area contributed by atoms with Crippen LogP contribution in [-0.2, 0) is 11.3 Å². The number of benzene rings is 1. The van der Waals surface area contributed by atoms with E-state index in [9.17, 15) is 4.79 Å². The van der Waals surface area contributed by atoms with Crippen LogP contribution in [-0.4, -0.2) is 34.1 Å². The fraction of sp³-hybridized carbons (Fsp3) is 0.350. The Hall–Kier alpha value is -2.22. The molecule has 0 saturated carbocycles. The monoisotopic (exact) mass is 418 g/mol. The maximum absolute atomic E-state index is 12.5. The second kappa shape index (κ2) is 9.82. The highest BCUT2D eigenvalue weighted by atomic mass is 35.5. The summed E-state index contributed by atoms with van der Waals surface area (Å²) in [5.41, 5.74) is 0.701. The van der Waals surface area contributed by atoms with Gasteiger partial charge in [-0.05, 0) is 43.5 Å². The van der Waals surface area contributed by atoms with Gasteiger partial charge in [0.15, 0.2) is 0 Å². The fourth-order valence-corrected chi connectivity index (χ4v) is 3.83. The Morgan fingerprint density at radius 2 is 2.11 bits per heavy atom. The second-order valence-corrected chi connectivity index (χ2v) is 7.88. The number of amides is 1. The lowest BCUT2D eigenvalue weighted by atomic mass is 10.2. The summed E-state index contributed by atoms with van der Waals surface area (Å²) in [7, 11) is 0. The van der Waals surface area contributed by atoms with E-state index in [1.54, 1.807) is 17.4 Å². The van der Waals surface area contributed by atoms with Crippen LogP contribution in [0.4, 0.5) is 0 Å². The summed E-state index contributed by atoms with van der Waals surface area (Å²) in [6.45, 7) is 5.49. The lowest BCUT2D eigenvalue weighted by molar-refractivity contribution is -0.123. The Bertz CT molecular complexity index is 897. The average molecular weight is 419 g/mol.